The molecule has 0 bridgehead atoms. The fraction of sp³-hybridized carbons (Fsp3) is 0.500. The fourth-order valence-electron chi connectivity index (χ4n) is 2.00. The molecule has 1 aliphatic carbocycles. The number of nitrogens with zero attached hydrogens (tertiary/aromatic N) is 1. The van der Waals surface area contributed by atoms with Crippen molar-refractivity contribution in [2.45, 2.75) is 32.2 Å². The minimum absolute atomic E-state index is 0.259. The Morgan fingerprint density at radius 1 is 1.41 bits per heavy atom. The highest BCUT2D eigenvalue weighted by Crippen LogP contribution is 2.48. The van der Waals surface area contributed by atoms with Gasteiger partial charge in [-0.25, -0.2) is 0 Å². The van der Waals surface area contributed by atoms with Crippen LogP contribution in [0.4, 0.5) is 0 Å². The summed E-state index contributed by atoms with van der Waals surface area (Å²) in [4.78, 5) is 0. The van der Waals surface area contributed by atoms with Crippen LogP contribution in [-0.4, -0.2) is 6.54 Å². The van der Waals surface area contributed by atoms with E-state index in [9.17, 15) is 0 Å². The van der Waals surface area contributed by atoms with Crippen LogP contribution < -0.4 is 5.32 Å². The lowest BCUT2D eigenvalue weighted by molar-refractivity contribution is 0.433. The molecule has 1 N–H and O–H groups in total. The van der Waals surface area contributed by atoms with Crippen molar-refractivity contribution in [3.63, 3.8) is 0 Å². The molecule has 1 unspecified atom stereocenters. The number of halogens is 1. The Morgan fingerprint density at radius 3 is 2.59 bits per heavy atom. The molecular weight excluding hydrogens is 232 g/mol. The van der Waals surface area contributed by atoms with Gasteiger partial charge < -0.3 is 5.32 Å². The largest absolute Gasteiger partial charge is 0.310 e. The Balaban J connectivity index is 1.87. The zero-order chi connectivity index (χ0) is 12.3. The first-order chi connectivity index (χ1) is 8.15. The molecule has 2 rings (SSSR count). The molecule has 2 nitrogen and oxygen atoms in total. The summed E-state index contributed by atoms with van der Waals surface area (Å²) < 4.78 is 0. The summed E-state index contributed by atoms with van der Waals surface area (Å²) >= 11 is 5.86. The van der Waals surface area contributed by atoms with Crippen LogP contribution >= 0.6 is 11.6 Å². The summed E-state index contributed by atoms with van der Waals surface area (Å²) in [6, 6.07) is 10.5. The molecule has 90 valence electrons. The number of benzene rings is 1. The molecule has 0 spiro atoms. The Morgan fingerprint density at radius 2 is 2.06 bits per heavy atom. The monoisotopic (exact) mass is 248 g/mol. The van der Waals surface area contributed by atoms with Crippen molar-refractivity contribution in [3.8, 4) is 6.07 Å². The van der Waals surface area contributed by atoms with Crippen molar-refractivity contribution in [1.29, 1.82) is 5.26 Å². The van der Waals surface area contributed by atoms with E-state index in [0.717, 1.165) is 11.6 Å². The van der Waals surface area contributed by atoms with E-state index in [4.69, 9.17) is 16.9 Å². The van der Waals surface area contributed by atoms with Gasteiger partial charge in [-0.1, -0.05) is 23.7 Å². The smallest absolute Gasteiger partial charge is 0.0628 e. The molecule has 1 atom stereocenters. The lowest BCUT2D eigenvalue weighted by Gasteiger charge is -2.18. The average Bonchev–Trinajstić information content (AvgIpc) is 3.08. The van der Waals surface area contributed by atoms with E-state index in [-0.39, 0.29) is 5.41 Å². The maximum atomic E-state index is 8.76. The van der Waals surface area contributed by atoms with Crippen molar-refractivity contribution in [2.24, 2.45) is 5.41 Å². The molecule has 17 heavy (non-hydrogen) atoms. The fourth-order valence-corrected chi connectivity index (χ4v) is 2.13. The predicted molar refractivity (Wildman–Crippen MR) is 69.8 cm³/mol. The second-order valence-electron chi connectivity index (χ2n) is 4.99. The average molecular weight is 249 g/mol. The van der Waals surface area contributed by atoms with Gasteiger partial charge in [-0.15, -0.1) is 0 Å². The molecule has 0 heterocycles. The van der Waals surface area contributed by atoms with Crippen molar-refractivity contribution in [3.05, 3.63) is 34.9 Å². The van der Waals surface area contributed by atoms with Gasteiger partial charge in [0, 0.05) is 24.0 Å². The van der Waals surface area contributed by atoms with Gasteiger partial charge in [-0.2, -0.15) is 5.26 Å². The number of hydrogen-bond donors (Lipinski definition) is 1. The van der Waals surface area contributed by atoms with E-state index < -0.39 is 0 Å². The quantitative estimate of drug-likeness (QED) is 0.863. The van der Waals surface area contributed by atoms with Crippen LogP contribution in [0.1, 0.15) is 37.8 Å². The van der Waals surface area contributed by atoms with Crippen LogP contribution in [0.2, 0.25) is 5.02 Å². The van der Waals surface area contributed by atoms with E-state index in [1.54, 1.807) is 0 Å². The van der Waals surface area contributed by atoms with Gasteiger partial charge in [0.2, 0.25) is 0 Å². The third-order valence-corrected chi connectivity index (χ3v) is 3.82. The number of nitriles is 1. The Hall–Kier alpha value is -1.04. The van der Waals surface area contributed by atoms with E-state index in [2.05, 4.69) is 18.3 Å². The highest BCUT2D eigenvalue weighted by molar-refractivity contribution is 6.30. The molecule has 0 aromatic heterocycles. The van der Waals surface area contributed by atoms with Gasteiger partial charge in [0.1, 0.15) is 0 Å². The Bertz CT molecular complexity index is 415. The molecule has 1 aromatic carbocycles. The van der Waals surface area contributed by atoms with Crippen LogP contribution in [0.3, 0.4) is 0 Å². The first-order valence-electron chi connectivity index (χ1n) is 6.01. The predicted octanol–water partition coefficient (Wildman–Crippen LogP) is 3.68. The van der Waals surface area contributed by atoms with Gasteiger partial charge in [0.15, 0.2) is 0 Å². The van der Waals surface area contributed by atoms with E-state index in [1.165, 1.54) is 18.4 Å². The third kappa shape index (κ3) is 3.21. The second kappa shape index (κ2) is 5.08. The first-order valence-corrected chi connectivity index (χ1v) is 6.39. The van der Waals surface area contributed by atoms with Crippen molar-refractivity contribution in [1.82, 2.24) is 5.32 Å². The highest BCUT2D eigenvalue weighted by atomic mass is 35.5. The highest BCUT2D eigenvalue weighted by Gasteiger charge is 2.42. The van der Waals surface area contributed by atoms with Crippen LogP contribution in [0.25, 0.3) is 0 Å². The van der Waals surface area contributed by atoms with Gasteiger partial charge >= 0.3 is 0 Å². The Kier molecular flexibility index (Phi) is 3.71. The van der Waals surface area contributed by atoms with Crippen LogP contribution in [0.15, 0.2) is 24.3 Å². The van der Waals surface area contributed by atoms with Crippen LogP contribution in [-0.2, 0) is 0 Å². The molecule has 3 heteroatoms. The van der Waals surface area contributed by atoms with Crippen molar-refractivity contribution < 1.29 is 0 Å². The van der Waals surface area contributed by atoms with Crippen molar-refractivity contribution in [2.75, 3.05) is 6.54 Å². The number of nitrogens with one attached hydrogen (secondary N) is 1. The third-order valence-electron chi connectivity index (χ3n) is 3.56. The van der Waals surface area contributed by atoms with E-state index in [0.29, 0.717) is 12.5 Å². The summed E-state index contributed by atoms with van der Waals surface area (Å²) in [5.41, 5.74) is 1.50. The van der Waals surface area contributed by atoms with E-state index in [1.807, 2.05) is 24.3 Å². The molecular formula is C14H17ClN2. The lowest BCUT2D eigenvalue weighted by atomic mass is 10.0. The zero-order valence-electron chi connectivity index (χ0n) is 10.0. The molecule has 0 saturated heterocycles. The lowest BCUT2D eigenvalue weighted by Crippen LogP contribution is -2.26. The van der Waals surface area contributed by atoms with Crippen LogP contribution in [0.5, 0.6) is 0 Å². The molecule has 1 aliphatic rings. The molecule has 0 amide bonds. The van der Waals surface area contributed by atoms with Crippen LogP contribution in [0, 0.1) is 16.7 Å². The molecule has 1 saturated carbocycles. The summed E-state index contributed by atoms with van der Waals surface area (Å²) in [6.07, 6.45) is 3.04. The standard InChI is InChI=1S/C14H17ClN2/c1-11(12-2-4-13(15)5-3-12)17-10-14(6-7-14)8-9-16/h2-5,11,17H,6-8,10H2,1H3. The van der Waals surface area contributed by atoms with Gasteiger partial charge in [0.05, 0.1) is 6.07 Å². The summed E-state index contributed by atoms with van der Waals surface area (Å²) in [6.45, 7) is 3.08. The van der Waals surface area contributed by atoms with Gasteiger partial charge in [0.25, 0.3) is 0 Å². The SMILES string of the molecule is CC(NCC1(CC#N)CC1)c1ccc(Cl)cc1. The topological polar surface area (TPSA) is 35.8 Å². The maximum absolute atomic E-state index is 8.76. The minimum atomic E-state index is 0.259. The zero-order valence-corrected chi connectivity index (χ0v) is 10.8. The van der Waals surface area contributed by atoms with Crippen molar-refractivity contribution >= 4 is 11.6 Å². The van der Waals surface area contributed by atoms with E-state index >= 15 is 0 Å². The summed E-state index contributed by atoms with van der Waals surface area (Å²) in [5.74, 6) is 0. The molecule has 1 aromatic rings. The molecule has 1 fully saturated rings. The maximum Gasteiger partial charge on any atom is 0.0628 e. The minimum Gasteiger partial charge on any atom is -0.310 e. The number of rotatable bonds is 5. The first kappa shape index (κ1) is 12.4. The normalized spacial score (nSPS) is 18.4. The summed E-state index contributed by atoms with van der Waals surface area (Å²) in [7, 11) is 0. The number of hydrogen-bond acceptors (Lipinski definition) is 2. The van der Waals surface area contributed by atoms with Gasteiger partial charge in [-0.3, -0.25) is 0 Å². The second-order valence-corrected chi connectivity index (χ2v) is 5.43. The molecule has 0 aliphatic heterocycles. The molecule has 0 radical (unpaired) electrons. The summed E-state index contributed by atoms with van der Waals surface area (Å²) in [5, 5.41) is 13.0. The Labute approximate surface area is 108 Å². The van der Waals surface area contributed by atoms with Gasteiger partial charge in [-0.05, 0) is 42.9 Å².